The summed E-state index contributed by atoms with van der Waals surface area (Å²) in [7, 11) is -12.3. The summed E-state index contributed by atoms with van der Waals surface area (Å²) >= 11 is -0.154. The van der Waals surface area contributed by atoms with Gasteiger partial charge >= 0.3 is 17.2 Å². The third kappa shape index (κ3) is 17.2. The van der Waals surface area contributed by atoms with Crippen LogP contribution in [-0.2, 0) is 46.1 Å². The van der Waals surface area contributed by atoms with E-state index in [4.69, 9.17) is 0 Å². The van der Waals surface area contributed by atoms with Crippen molar-refractivity contribution in [2.45, 2.75) is 41.7 Å². The van der Waals surface area contributed by atoms with Crippen LogP contribution < -0.4 is 14.2 Å². The molecule has 0 aliphatic heterocycles. The molecule has 0 aliphatic rings. The van der Waals surface area contributed by atoms with Gasteiger partial charge in [0.2, 0.25) is 30.1 Å². The highest BCUT2D eigenvalue weighted by Gasteiger charge is 2.46. The quantitative estimate of drug-likeness (QED) is 0.0367. The maximum Gasteiger partial charge on any atom is 0.501 e. The lowest BCUT2D eigenvalue weighted by atomic mass is 10.1. The van der Waals surface area contributed by atoms with E-state index in [0.29, 0.717) is 84.0 Å². The Morgan fingerprint density at radius 3 is 1.08 bits per heavy atom. The molecule has 0 saturated heterocycles. The van der Waals surface area contributed by atoms with Gasteiger partial charge in [0.25, 0.3) is 9.84 Å². The van der Waals surface area contributed by atoms with Crippen LogP contribution in [0.4, 0.5) is 39.5 Å². The molecule has 3 heterocycles. The van der Waals surface area contributed by atoms with Gasteiger partial charge in [0.15, 0.2) is 0 Å². The average molecular weight is 1470 g/mol. The summed E-state index contributed by atoms with van der Waals surface area (Å²) in [5.41, 5.74) is -1.61. The second kappa shape index (κ2) is 29.4. The molecule has 6 N–H and O–H groups in total. The Labute approximate surface area is 571 Å². The number of H-pyrrole nitrogens is 3. The Morgan fingerprint density at radius 2 is 0.730 bits per heavy atom. The van der Waals surface area contributed by atoms with Gasteiger partial charge in [-0.15, -0.1) is 0 Å². The molecule has 0 fully saturated rings. The number of nitrogens with zero attached hydrogens (tertiary/aromatic N) is 3. The van der Waals surface area contributed by atoms with Crippen LogP contribution in [0.3, 0.4) is 0 Å². The molecule has 516 valence electrons. The predicted octanol–water partition coefficient (Wildman–Crippen LogP) is 15.8. The van der Waals surface area contributed by atoms with Crippen molar-refractivity contribution in [1.82, 2.24) is 44.1 Å². The van der Waals surface area contributed by atoms with Crippen LogP contribution in [0.2, 0.25) is 0 Å². The zero-order valence-electron chi connectivity index (χ0n) is 52.1. The van der Waals surface area contributed by atoms with Crippen molar-refractivity contribution in [1.29, 1.82) is 0 Å². The summed E-state index contributed by atoms with van der Waals surface area (Å²) in [4.78, 5) is 22.4. The van der Waals surface area contributed by atoms with Crippen LogP contribution in [0, 0.1) is 0 Å². The van der Waals surface area contributed by atoms with Gasteiger partial charge in [0.05, 0.1) is 58.2 Å². The van der Waals surface area contributed by atoms with E-state index in [0.717, 1.165) is 29.3 Å². The van der Waals surface area contributed by atoms with Crippen molar-refractivity contribution >= 4 is 121 Å². The fraction of sp³-hybridized carbons (Fsp3) is 0.0870. The van der Waals surface area contributed by atoms with Crippen molar-refractivity contribution < 1.29 is 73.2 Å². The van der Waals surface area contributed by atoms with Gasteiger partial charge in [-0.2, -0.15) is 39.5 Å². The number of halogens is 9. The molecule has 100 heavy (non-hydrogen) atoms. The number of alkyl halides is 9. The molecule has 12 aromatic rings. The molecule has 0 spiro atoms. The van der Waals surface area contributed by atoms with E-state index in [2.05, 4.69) is 44.1 Å². The van der Waals surface area contributed by atoms with Crippen molar-refractivity contribution in [2.24, 2.45) is 0 Å². The molecule has 0 bridgehead atoms. The number of fused-ring (bicyclic) bond motifs is 3. The van der Waals surface area contributed by atoms with Gasteiger partial charge in [0, 0.05) is 21.6 Å². The van der Waals surface area contributed by atoms with Crippen LogP contribution in [0.25, 0.3) is 103 Å². The number of thioether (sulfide) groups is 1. The number of aromatic amines is 3. The van der Waals surface area contributed by atoms with Crippen LogP contribution in [0.15, 0.2) is 225 Å². The molecule has 0 radical (unpaired) electrons. The zero-order chi connectivity index (χ0) is 72.0. The van der Waals surface area contributed by atoms with E-state index >= 15 is 0 Å². The van der Waals surface area contributed by atoms with Crippen molar-refractivity contribution in [2.75, 3.05) is 21.1 Å². The molecular formula is C69H54F9N9O8S5. The first kappa shape index (κ1) is 72.7. The maximum absolute atomic E-state index is 13.2. The summed E-state index contributed by atoms with van der Waals surface area (Å²) in [6, 6.07) is 51.5. The monoisotopic (exact) mass is 1470 g/mol. The van der Waals surface area contributed by atoms with Crippen molar-refractivity contribution in [3.8, 4) is 33.4 Å². The zero-order valence-corrected chi connectivity index (χ0v) is 56.1. The summed E-state index contributed by atoms with van der Waals surface area (Å²) in [5.74, 6) is 1.39. The first-order chi connectivity index (χ1) is 47.2. The highest BCUT2D eigenvalue weighted by molar-refractivity contribution is 8.00. The van der Waals surface area contributed by atoms with Crippen LogP contribution in [-0.4, -0.2) is 95.7 Å². The van der Waals surface area contributed by atoms with Gasteiger partial charge in [-0.25, -0.2) is 62.8 Å². The van der Waals surface area contributed by atoms with E-state index in [-0.39, 0.29) is 36.9 Å². The topological polar surface area (TPSA) is 259 Å². The van der Waals surface area contributed by atoms with E-state index < -0.39 is 67.6 Å². The van der Waals surface area contributed by atoms with Gasteiger partial charge in [-0.1, -0.05) is 133 Å². The SMILES string of the molecule is CNS(=O)(=O)c1ccccc1-c1ccc2nc(/C=C/c3ccc(S(=O)(=O)C(F)(F)F)cc3)[nH]c2c1.CNS(=O)(=O)c1ccccc1-c1ccc2nc(/C=C/c3ccc(SC(F)(F)F)cc3)[nH]c2c1.CNS(=O)(=O)c1ccccc1-c1ccc2nc(/C=C/c3ccccc3C(F)(F)F)[nH]c2c1. The molecule has 0 aliphatic carbocycles. The van der Waals surface area contributed by atoms with Crippen LogP contribution in [0.1, 0.15) is 39.7 Å². The highest BCUT2D eigenvalue weighted by Crippen LogP contribution is 2.39. The minimum atomic E-state index is -5.40. The fourth-order valence-corrected chi connectivity index (χ4v) is 14.2. The lowest BCUT2D eigenvalue weighted by Crippen LogP contribution is -2.23. The standard InChI is InChI=1S/C23H18F3N3O4S2.C23H18F3N3O2S2.C23H18F3N3O2S/c1-27-35(32,33)21-5-3-2-4-18(21)16-9-12-19-20(14-16)29-22(28-19)13-8-15-6-10-17(11-7-15)34(30,31)23(24,25)26;1-27-33(30,31)21-5-3-2-4-18(21)16-9-12-19-20(14-16)29-22(28-19)13-8-15-6-10-17(11-7-15)32-23(24,25)26;1-27-32(30,31)21-9-5-3-7-17(21)16-10-12-19-20(14-16)29-22(28-19)13-11-15-6-2-4-8-18(15)23(24,25)26/h2-14,27H,1H3,(H,28,29);2-14,27H,1H3,(H,28,29);2-14,27H,1H3,(H,28,29)/b2*13-8+;13-11+. The number of aromatic nitrogens is 6. The summed E-state index contributed by atoms with van der Waals surface area (Å²) in [5, 5.41) is 0. The normalized spacial score (nSPS) is 12.8. The summed E-state index contributed by atoms with van der Waals surface area (Å²) in [6.45, 7) is 0. The number of nitrogens with one attached hydrogen (secondary N) is 6. The smallest absolute Gasteiger partial charge is 0.338 e. The molecule has 0 atom stereocenters. The predicted molar refractivity (Wildman–Crippen MR) is 370 cm³/mol. The lowest BCUT2D eigenvalue weighted by molar-refractivity contribution is -0.137. The second-order valence-corrected chi connectivity index (χ2v) is 30.0. The Bertz CT molecular complexity index is 5580. The highest BCUT2D eigenvalue weighted by atomic mass is 32.2. The number of rotatable bonds is 17. The average Bonchev–Trinajstić information content (AvgIpc) is 1.44. The Balaban J connectivity index is 0.000000162. The lowest BCUT2D eigenvalue weighted by Gasteiger charge is -2.09. The van der Waals surface area contributed by atoms with Gasteiger partial charge in [-0.3, -0.25) is 0 Å². The first-order valence-electron chi connectivity index (χ1n) is 29.3. The van der Waals surface area contributed by atoms with Crippen molar-refractivity contribution in [3.05, 3.63) is 240 Å². The van der Waals surface area contributed by atoms with Gasteiger partial charge in [-0.05, 0) is 169 Å². The Hall–Kier alpha value is -9.99. The number of sulfonamides is 3. The van der Waals surface area contributed by atoms with Crippen LogP contribution >= 0.6 is 11.8 Å². The number of benzene rings is 9. The fourth-order valence-electron chi connectivity index (χ4n) is 10.1. The third-order valence-electron chi connectivity index (χ3n) is 14.9. The Kier molecular flexibility index (Phi) is 21.4. The number of sulfone groups is 1. The molecule has 0 saturated carbocycles. The van der Waals surface area contributed by atoms with E-state index in [1.54, 1.807) is 146 Å². The minimum Gasteiger partial charge on any atom is -0.338 e. The minimum absolute atomic E-state index is 0.0346. The van der Waals surface area contributed by atoms with E-state index in [1.807, 2.05) is 6.07 Å². The third-order valence-corrected chi connectivity index (χ3v) is 21.6. The number of hydrogen-bond donors (Lipinski definition) is 6. The molecule has 12 rings (SSSR count). The number of hydrogen-bond acceptors (Lipinski definition) is 12. The van der Waals surface area contributed by atoms with Crippen molar-refractivity contribution in [3.63, 3.8) is 0 Å². The van der Waals surface area contributed by atoms with E-state index in [1.165, 1.54) is 87.9 Å². The first-order valence-corrected chi connectivity index (χ1v) is 36.1. The second-order valence-electron chi connectivity index (χ2n) is 21.4. The number of imidazole rings is 3. The largest absolute Gasteiger partial charge is 0.501 e. The molecule has 0 unspecified atom stereocenters. The molecule has 3 aromatic heterocycles. The summed E-state index contributed by atoms with van der Waals surface area (Å²) < 4.78 is 219. The molecule has 0 amide bonds. The molecular weight excluding hydrogens is 1410 g/mol. The summed E-state index contributed by atoms with van der Waals surface area (Å²) in [6.07, 6.45) is 5.01. The molecule has 31 heteroatoms. The van der Waals surface area contributed by atoms with Gasteiger partial charge in [0.1, 0.15) is 17.5 Å². The van der Waals surface area contributed by atoms with Gasteiger partial charge < -0.3 is 15.0 Å². The maximum atomic E-state index is 13.2. The van der Waals surface area contributed by atoms with E-state index in [9.17, 15) is 73.2 Å². The molecule has 17 nitrogen and oxygen atoms in total. The molecule has 9 aromatic carbocycles. The Morgan fingerprint density at radius 1 is 0.390 bits per heavy atom. The van der Waals surface area contributed by atoms with Crippen LogP contribution in [0.5, 0.6) is 0 Å².